The van der Waals surface area contributed by atoms with Gasteiger partial charge in [0.2, 0.25) is 5.91 Å². The summed E-state index contributed by atoms with van der Waals surface area (Å²) < 4.78 is 1.30. The Bertz CT molecular complexity index is 651. The van der Waals surface area contributed by atoms with Crippen LogP contribution in [0.1, 0.15) is 23.1 Å². The molecule has 1 N–H and O–H groups in total. The van der Waals surface area contributed by atoms with Crippen LogP contribution < -0.4 is 4.90 Å². The molecule has 0 radical (unpaired) electrons. The van der Waals surface area contributed by atoms with Crippen molar-refractivity contribution < 1.29 is 14.7 Å². The molecule has 7 heteroatoms. The smallest absolute Gasteiger partial charge is 0.358 e. The molecule has 7 nitrogen and oxygen atoms in total. The maximum atomic E-state index is 12.4. The zero-order chi connectivity index (χ0) is 15.4. The number of hydrogen-bond donors (Lipinski definition) is 1. The number of aromatic carboxylic acids is 1. The van der Waals surface area contributed by atoms with Crippen LogP contribution in [0.4, 0.5) is 5.69 Å². The predicted molar refractivity (Wildman–Crippen MR) is 76.2 cm³/mol. The van der Waals surface area contributed by atoms with E-state index in [1.165, 1.54) is 4.68 Å². The van der Waals surface area contributed by atoms with Gasteiger partial charge in [-0.2, -0.15) is 0 Å². The summed E-state index contributed by atoms with van der Waals surface area (Å²) in [6.07, 6.45) is 0. The monoisotopic (exact) mass is 288 g/mol. The van der Waals surface area contributed by atoms with Gasteiger partial charge in [-0.25, -0.2) is 9.48 Å². The van der Waals surface area contributed by atoms with Gasteiger partial charge in [0.1, 0.15) is 6.54 Å². The predicted octanol–water partition coefficient (Wildman–Crippen LogP) is 1.34. The van der Waals surface area contributed by atoms with E-state index in [0.29, 0.717) is 12.2 Å². The number of likely N-dealkylation sites (N-methyl/N-ethyl adjacent to an activating group) is 1. The molecule has 0 aliphatic heterocycles. The highest BCUT2D eigenvalue weighted by atomic mass is 16.4. The standard InChI is InChI=1S/C14H16N4O3/c1-3-17(11-7-5-4-6-8-11)12(19)9-18-10(2)13(14(20)21)15-16-18/h4-8H,3,9H2,1-2H3,(H,20,21). The second-order valence-electron chi connectivity index (χ2n) is 4.46. The third-order valence-electron chi connectivity index (χ3n) is 3.16. The quantitative estimate of drug-likeness (QED) is 0.896. The van der Waals surface area contributed by atoms with Crippen LogP contribution in [0.2, 0.25) is 0 Å². The first-order valence-electron chi connectivity index (χ1n) is 6.53. The van der Waals surface area contributed by atoms with Crippen molar-refractivity contribution in [1.82, 2.24) is 15.0 Å². The zero-order valence-electron chi connectivity index (χ0n) is 11.9. The first kappa shape index (κ1) is 14.7. The normalized spacial score (nSPS) is 10.4. The number of carbonyl (C=O) groups excluding carboxylic acids is 1. The first-order chi connectivity index (χ1) is 10.0. The Morgan fingerprint density at radius 1 is 1.29 bits per heavy atom. The summed E-state index contributed by atoms with van der Waals surface area (Å²) in [5, 5.41) is 16.2. The number of hydrogen-bond acceptors (Lipinski definition) is 4. The average molecular weight is 288 g/mol. The molecule has 1 aromatic heterocycles. The van der Waals surface area contributed by atoms with E-state index >= 15 is 0 Å². The highest BCUT2D eigenvalue weighted by Gasteiger charge is 2.19. The highest BCUT2D eigenvalue weighted by molar-refractivity contribution is 5.93. The summed E-state index contributed by atoms with van der Waals surface area (Å²) in [7, 11) is 0. The number of carbonyl (C=O) groups is 2. The lowest BCUT2D eigenvalue weighted by Gasteiger charge is -2.21. The molecule has 110 valence electrons. The van der Waals surface area contributed by atoms with Gasteiger partial charge in [-0.15, -0.1) is 5.10 Å². The summed E-state index contributed by atoms with van der Waals surface area (Å²) in [6, 6.07) is 9.28. The molecule has 21 heavy (non-hydrogen) atoms. The Hall–Kier alpha value is -2.70. The number of carboxylic acid groups (broad SMARTS) is 1. The van der Waals surface area contributed by atoms with E-state index in [1.807, 2.05) is 37.3 Å². The third-order valence-corrected chi connectivity index (χ3v) is 3.16. The number of carboxylic acids is 1. The Balaban J connectivity index is 2.19. The van der Waals surface area contributed by atoms with Crippen LogP contribution in [-0.4, -0.2) is 38.5 Å². The molecule has 1 aromatic carbocycles. The van der Waals surface area contributed by atoms with Gasteiger partial charge < -0.3 is 10.0 Å². The van der Waals surface area contributed by atoms with Crippen LogP contribution >= 0.6 is 0 Å². The third kappa shape index (κ3) is 3.07. The molecular weight excluding hydrogens is 272 g/mol. The molecule has 0 atom stereocenters. The van der Waals surface area contributed by atoms with Gasteiger partial charge >= 0.3 is 5.97 Å². The van der Waals surface area contributed by atoms with Crippen molar-refractivity contribution in [2.24, 2.45) is 0 Å². The fourth-order valence-electron chi connectivity index (χ4n) is 2.03. The molecule has 0 aliphatic carbocycles. The summed E-state index contributed by atoms with van der Waals surface area (Å²) in [5.41, 5.74) is 1.02. The number of benzene rings is 1. The molecule has 0 unspecified atom stereocenters. The Morgan fingerprint density at radius 2 is 1.95 bits per heavy atom. The number of amides is 1. The fraction of sp³-hybridized carbons (Fsp3) is 0.286. The minimum atomic E-state index is -1.15. The van der Waals surface area contributed by atoms with E-state index in [0.717, 1.165) is 5.69 Å². The summed E-state index contributed by atoms with van der Waals surface area (Å²) in [6.45, 7) is 3.93. The Labute approximate surface area is 121 Å². The number of nitrogens with zero attached hydrogens (tertiary/aromatic N) is 4. The number of aromatic nitrogens is 3. The molecule has 2 rings (SSSR count). The summed E-state index contributed by atoms with van der Waals surface area (Å²) in [4.78, 5) is 24.9. The molecule has 1 amide bonds. The van der Waals surface area contributed by atoms with Gasteiger partial charge in [0.25, 0.3) is 0 Å². The van der Waals surface area contributed by atoms with E-state index in [9.17, 15) is 9.59 Å². The van der Waals surface area contributed by atoms with Crippen LogP contribution in [0.3, 0.4) is 0 Å². The molecular formula is C14H16N4O3. The van der Waals surface area contributed by atoms with E-state index in [1.54, 1.807) is 11.8 Å². The maximum absolute atomic E-state index is 12.4. The molecule has 1 heterocycles. The largest absolute Gasteiger partial charge is 0.476 e. The summed E-state index contributed by atoms with van der Waals surface area (Å²) in [5.74, 6) is -1.32. The first-order valence-corrected chi connectivity index (χ1v) is 6.53. The van der Waals surface area contributed by atoms with Crippen molar-refractivity contribution in [3.63, 3.8) is 0 Å². The van der Waals surface area contributed by atoms with Gasteiger partial charge in [-0.05, 0) is 26.0 Å². The van der Waals surface area contributed by atoms with Gasteiger partial charge in [0.05, 0.1) is 5.69 Å². The minimum Gasteiger partial charge on any atom is -0.476 e. The number of anilines is 1. The lowest BCUT2D eigenvalue weighted by atomic mass is 10.3. The molecule has 0 saturated carbocycles. The van der Waals surface area contributed by atoms with Crippen molar-refractivity contribution in [3.8, 4) is 0 Å². The van der Waals surface area contributed by atoms with Gasteiger partial charge in [-0.1, -0.05) is 23.4 Å². The minimum absolute atomic E-state index is 0.0468. The topological polar surface area (TPSA) is 88.3 Å². The average Bonchev–Trinajstić information content (AvgIpc) is 2.82. The van der Waals surface area contributed by atoms with E-state index in [2.05, 4.69) is 10.3 Å². The lowest BCUT2D eigenvalue weighted by Crippen LogP contribution is -2.34. The van der Waals surface area contributed by atoms with Gasteiger partial charge in [0.15, 0.2) is 5.69 Å². The SMILES string of the molecule is CCN(C(=O)Cn1nnc(C(=O)O)c1C)c1ccccc1. The number of rotatable bonds is 5. The zero-order valence-corrected chi connectivity index (χ0v) is 11.9. The van der Waals surface area contributed by atoms with Crippen LogP contribution in [0.15, 0.2) is 30.3 Å². The van der Waals surface area contributed by atoms with Crippen LogP contribution in [0.5, 0.6) is 0 Å². The molecule has 0 spiro atoms. The highest BCUT2D eigenvalue weighted by Crippen LogP contribution is 2.14. The molecule has 2 aromatic rings. The van der Waals surface area contributed by atoms with Gasteiger partial charge in [-0.3, -0.25) is 4.79 Å². The van der Waals surface area contributed by atoms with Crippen molar-refractivity contribution in [1.29, 1.82) is 0 Å². The fourth-order valence-corrected chi connectivity index (χ4v) is 2.03. The van der Waals surface area contributed by atoms with Gasteiger partial charge in [0, 0.05) is 12.2 Å². The van der Waals surface area contributed by atoms with Crippen molar-refractivity contribution >= 4 is 17.6 Å². The van der Waals surface area contributed by atoms with Crippen LogP contribution in [-0.2, 0) is 11.3 Å². The second kappa shape index (κ2) is 6.17. The van der Waals surface area contributed by atoms with Crippen molar-refractivity contribution in [2.75, 3.05) is 11.4 Å². The molecule has 0 bridgehead atoms. The second-order valence-corrected chi connectivity index (χ2v) is 4.46. The molecule has 0 saturated heterocycles. The van der Waals surface area contributed by atoms with E-state index in [-0.39, 0.29) is 18.1 Å². The number of para-hydroxylation sites is 1. The maximum Gasteiger partial charge on any atom is 0.358 e. The Morgan fingerprint density at radius 3 is 2.48 bits per heavy atom. The van der Waals surface area contributed by atoms with Crippen LogP contribution in [0, 0.1) is 6.92 Å². The Kier molecular flexibility index (Phi) is 4.32. The lowest BCUT2D eigenvalue weighted by molar-refractivity contribution is -0.119. The van der Waals surface area contributed by atoms with Crippen molar-refractivity contribution in [3.05, 3.63) is 41.7 Å². The molecule has 0 aliphatic rings. The van der Waals surface area contributed by atoms with Crippen LogP contribution in [0.25, 0.3) is 0 Å². The van der Waals surface area contributed by atoms with E-state index < -0.39 is 5.97 Å². The molecule has 0 fully saturated rings. The van der Waals surface area contributed by atoms with E-state index in [4.69, 9.17) is 5.11 Å². The summed E-state index contributed by atoms with van der Waals surface area (Å²) >= 11 is 0. The van der Waals surface area contributed by atoms with Crippen molar-refractivity contribution in [2.45, 2.75) is 20.4 Å².